The third kappa shape index (κ3) is 3.80. The maximum absolute atomic E-state index is 14.2. The normalized spacial score (nSPS) is 16.4. The summed E-state index contributed by atoms with van der Waals surface area (Å²) >= 11 is 0. The van der Waals surface area contributed by atoms with Gasteiger partial charge in [-0.15, -0.1) is 0 Å². The van der Waals surface area contributed by atoms with E-state index in [2.05, 4.69) is 4.98 Å². The molecule has 0 spiro atoms. The van der Waals surface area contributed by atoms with Crippen LogP contribution in [-0.4, -0.2) is 25.3 Å². The molecular formula is C22H22FNO3. The van der Waals surface area contributed by atoms with Gasteiger partial charge in [-0.2, -0.15) is 0 Å². The SMILES string of the molecule is COC1(c2cc(F)cc(OCc3cc4ccccc4cn3)c2)CCOCC1. The molecule has 2 aromatic carbocycles. The molecule has 1 fully saturated rings. The highest BCUT2D eigenvalue weighted by Crippen LogP contribution is 2.37. The Balaban J connectivity index is 1.55. The number of methoxy groups -OCH3 is 1. The zero-order chi connectivity index (χ0) is 18.7. The number of ether oxygens (including phenoxy) is 3. The Morgan fingerprint density at radius 1 is 1.07 bits per heavy atom. The van der Waals surface area contributed by atoms with E-state index in [0.717, 1.165) is 22.0 Å². The predicted molar refractivity (Wildman–Crippen MR) is 101 cm³/mol. The van der Waals surface area contributed by atoms with Gasteiger partial charge >= 0.3 is 0 Å². The number of aromatic nitrogens is 1. The lowest BCUT2D eigenvalue weighted by Crippen LogP contribution is -2.35. The largest absolute Gasteiger partial charge is 0.487 e. The Hall–Kier alpha value is -2.50. The highest BCUT2D eigenvalue weighted by Gasteiger charge is 2.35. The van der Waals surface area contributed by atoms with Gasteiger partial charge in [-0.3, -0.25) is 4.98 Å². The van der Waals surface area contributed by atoms with Gasteiger partial charge in [-0.25, -0.2) is 4.39 Å². The minimum Gasteiger partial charge on any atom is -0.487 e. The van der Waals surface area contributed by atoms with E-state index in [-0.39, 0.29) is 12.4 Å². The van der Waals surface area contributed by atoms with Crippen LogP contribution in [0.2, 0.25) is 0 Å². The molecule has 0 saturated carbocycles. The third-order valence-corrected chi connectivity index (χ3v) is 5.16. The van der Waals surface area contributed by atoms with Crippen LogP contribution in [0, 0.1) is 5.82 Å². The van der Waals surface area contributed by atoms with Crippen LogP contribution in [0.15, 0.2) is 54.7 Å². The Labute approximate surface area is 157 Å². The van der Waals surface area contributed by atoms with Crippen LogP contribution in [0.5, 0.6) is 5.75 Å². The fraction of sp³-hybridized carbons (Fsp3) is 0.318. The summed E-state index contributed by atoms with van der Waals surface area (Å²) in [5.41, 5.74) is 1.06. The van der Waals surface area contributed by atoms with Crippen molar-refractivity contribution in [3.8, 4) is 5.75 Å². The van der Waals surface area contributed by atoms with Crippen molar-refractivity contribution >= 4 is 10.8 Å². The second-order valence-electron chi connectivity index (χ2n) is 6.80. The first-order valence-electron chi connectivity index (χ1n) is 9.09. The number of halogens is 1. The summed E-state index contributed by atoms with van der Waals surface area (Å²) in [5.74, 6) is 0.139. The highest BCUT2D eigenvalue weighted by molar-refractivity contribution is 5.81. The first-order chi connectivity index (χ1) is 13.2. The van der Waals surface area contributed by atoms with Crippen molar-refractivity contribution in [3.63, 3.8) is 0 Å². The van der Waals surface area contributed by atoms with Crippen LogP contribution in [0.25, 0.3) is 10.8 Å². The fourth-order valence-electron chi connectivity index (χ4n) is 3.59. The number of pyridine rings is 1. The van der Waals surface area contributed by atoms with E-state index in [1.54, 1.807) is 7.11 Å². The lowest BCUT2D eigenvalue weighted by Gasteiger charge is -2.36. The van der Waals surface area contributed by atoms with Crippen molar-refractivity contribution < 1.29 is 18.6 Å². The smallest absolute Gasteiger partial charge is 0.130 e. The number of nitrogens with zero attached hydrogens (tertiary/aromatic N) is 1. The van der Waals surface area contributed by atoms with E-state index >= 15 is 0 Å². The van der Waals surface area contributed by atoms with E-state index in [0.29, 0.717) is 31.8 Å². The van der Waals surface area contributed by atoms with Crippen molar-refractivity contribution in [1.29, 1.82) is 0 Å². The number of fused-ring (bicyclic) bond motifs is 1. The van der Waals surface area contributed by atoms with Crippen molar-refractivity contribution in [1.82, 2.24) is 4.98 Å². The molecule has 4 nitrogen and oxygen atoms in total. The maximum atomic E-state index is 14.2. The third-order valence-electron chi connectivity index (χ3n) is 5.16. The van der Waals surface area contributed by atoms with Gasteiger partial charge in [0.2, 0.25) is 0 Å². The van der Waals surface area contributed by atoms with Gasteiger partial charge in [0, 0.05) is 50.8 Å². The number of rotatable bonds is 5. The van der Waals surface area contributed by atoms with Crippen molar-refractivity contribution in [2.45, 2.75) is 25.0 Å². The molecule has 1 aromatic heterocycles. The number of hydrogen-bond donors (Lipinski definition) is 0. The van der Waals surface area contributed by atoms with E-state index in [1.807, 2.05) is 42.6 Å². The van der Waals surface area contributed by atoms with Crippen molar-refractivity contribution in [2.75, 3.05) is 20.3 Å². The van der Waals surface area contributed by atoms with Crippen molar-refractivity contribution in [3.05, 3.63) is 71.8 Å². The van der Waals surface area contributed by atoms with Gasteiger partial charge in [0.1, 0.15) is 18.2 Å². The second kappa shape index (κ2) is 7.62. The zero-order valence-electron chi connectivity index (χ0n) is 15.3. The molecule has 0 amide bonds. The first kappa shape index (κ1) is 17.9. The molecule has 0 unspecified atom stereocenters. The summed E-state index contributed by atoms with van der Waals surface area (Å²) in [6, 6.07) is 14.8. The summed E-state index contributed by atoms with van der Waals surface area (Å²) < 4.78 is 31.3. The zero-order valence-corrected chi connectivity index (χ0v) is 15.3. The molecule has 0 radical (unpaired) electrons. The van der Waals surface area contributed by atoms with E-state index in [1.165, 1.54) is 12.1 Å². The summed E-state index contributed by atoms with van der Waals surface area (Å²) in [5, 5.41) is 2.18. The van der Waals surface area contributed by atoms with Crippen LogP contribution < -0.4 is 4.74 Å². The fourth-order valence-corrected chi connectivity index (χ4v) is 3.59. The van der Waals surface area contributed by atoms with Crippen LogP contribution in [-0.2, 0) is 21.7 Å². The average molecular weight is 367 g/mol. The van der Waals surface area contributed by atoms with E-state index < -0.39 is 5.60 Å². The molecule has 5 heteroatoms. The second-order valence-corrected chi connectivity index (χ2v) is 6.80. The van der Waals surface area contributed by atoms with Crippen LogP contribution >= 0.6 is 0 Å². The van der Waals surface area contributed by atoms with E-state index in [9.17, 15) is 4.39 Å². The summed E-state index contributed by atoms with van der Waals surface area (Å²) in [6.07, 6.45) is 3.21. The van der Waals surface area contributed by atoms with Crippen LogP contribution in [0.3, 0.4) is 0 Å². The highest BCUT2D eigenvalue weighted by atomic mass is 19.1. The quantitative estimate of drug-likeness (QED) is 0.661. The monoisotopic (exact) mass is 367 g/mol. The molecule has 1 saturated heterocycles. The molecule has 0 aliphatic carbocycles. The number of hydrogen-bond acceptors (Lipinski definition) is 4. The molecule has 0 N–H and O–H groups in total. The van der Waals surface area contributed by atoms with Gasteiger partial charge < -0.3 is 14.2 Å². The van der Waals surface area contributed by atoms with E-state index in [4.69, 9.17) is 14.2 Å². The molecule has 2 heterocycles. The van der Waals surface area contributed by atoms with Gasteiger partial charge in [-0.1, -0.05) is 24.3 Å². The summed E-state index contributed by atoms with van der Waals surface area (Å²) in [6.45, 7) is 1.47. The molecule has 0 bridgehead atoms. The minimum atomic E-state index is -0.528. The van der Waals surface area contributed by atoms with Gasteiger partial charge in [-0.05, 0) is 29.1 Å². The lowest BCUT2D eigenvalue weighted by molar-refractivity contribution is -0.0950. The Morgan fingerprint density at radius 3 is 2.63 bits per heavy atom. The van der Waals surface area contributed by atoms with Gasteiger partial charge in [0.05, 0.1) is 11.3 Å². The summed E-state index contributed by atoms with van der Waals surface area (Å²) in [4.78, 5) is 4.43. The molecule has 1 aliphatic heterocycles. The molecule has 4 rings (SSSR count). The Kier molecular flexibility index (Phi) is 5.05. The maximum Gasteiger partial charge on any atom is 0.130 e. The average Bonchev–Trinajstić information content (AvgIpc) is 2.72. The molecule has 140 valence electrons. The van der Waals surface area contributed by atoms with Gasteiger partial charge in [0.15, 0.2) is 0 Å². The Morgan fingerprint density at radius 2 is 1.85 bits per heavy atom. The topological polar surface area (TPSA) is 40.6 Å². The van der Waals surface area contributed by atoms with Crippen LogP contribution in [0.1, 0.15) is 24.1 Å². The minimum absolute atomic E-state index is 0.275. The van der Waals surface area contributed by atoms with Crippen molar-refractivity contribution in [2.24, 2.45) is 0 Å². The Bertz CT molecular complexity index is 938. The lowest BCUT2D eigenvalue weighted by atomic mass is 9.86. The molecule has 0 atom stereocenters. The molecule has 1 aliphatic rings. The standard InChI is InChI=1S/C22H22FNO3/c1-25-22(6-8-26-9-7-22)18-11-19(23)13-21(12-18)27-15-20-10-16-4-2-3-5-17(16)14-24-20/h2-5,10-14H,6-9,15H2,1H3. The van der Waals surface area contributed by atoms with Crippen LogP contribution in [0.4, 0.5) is 4.39 Å². The first-order valence-corrected chi connectivity index (χ1v) is 9.09. The molecule has 27 heavy (non-hydrogen) atoms. The summed E-state index contributed by atoms with van der Waals surface area (Å²) in [7, 11) is 1.66. The number of benzene rings is 2. The molecule has 3 aromatic rings. The van der Waals surface area contributed by atoms with Gasteiger partial charge in [0.25, 0.3) is 0 Å². The predicted octanol–water partition coefficient (Wildman–Crippen LogP) is 4.61. The molecular weight excluding hydrogens is 345 g/mol.